The van der Waals surface area contributed by atoms with Crippen molar-refractivity contribution in [1.82, 2.24) is 5.16 Å². The molecular weight excluding hydrogens is 282 g/mol. The highest BCUT2D eigenvalue weighted by atomic mass is 16.5. The molecule has 2 aromatic rings. The Balaban J connectivity index is 2.12. The third kappa shape index (κ3) is 2.45. The van der Waals surface area contributed by atoms with Crippen LogP contribution in [0.3, 0.4) is 0 Å². The monoisotopic (exact) mass is 309 g/mol. The molecule has 122 valence electrons. The van der Waals surface area contributed by atoms with Gasteiger partial charge in [0.05, 0.1) is 6.20 Å². The van der Waals surface area contributed by atoms with E-state index >= 15 is 0 Å². The first-order valence-corrected chi connectivity index (χ1v) is 8.55. The summed E-state index contributed by atoms with van der Waals surface area (Å²) in [7, 11) is 0. The number of aryl methyl sites for hydroxylation is 1. The lowest BCUT2D eigenvalue weighted by Gasteiger charge is -2.32. The van der Waals surface area contributed by atoms with Gasteiger partial charge in [-0.1, -0.05) is 64.9 Å². The molecular formula is C21H27NO. The Bertz CT molecular complexity index is 735. The van der Waals surface area contributed by atoms with Gasteiger partial charge in [-0.3, -0.25) is 0 Å². The van der Waals surface area contributed by atoms with Crippen molar-refractivity contribution < 1.29 is 4.52 Å². The molecule has 0 radical (unpaired) electrons. The Morgan fingerprint density at radius 2 is 1.74 bits per heavy atom. The van der Waals surface area contributed by atoms with Crippen LogP contribution in [0.2, 0.25) is 0 Å². The van der Waals surface area contributed by atoms with Gasteiger partial charge in [0.2, 0.25) is 0 Å². The van der Waals surface area contributed by atoms with Gasteiger partial charge in [0, 0.05) is 6.07 Å². The maximum absolute atomic E-state index is 5.18. The minimum absolute atomic E-state index is 0.194. The van der Waals surface area contributed by atoms with Crippen LogP contribution in [-0.2, 0) is 17.3 Å². The lowest BCUT2D eigenvalue weighted by atomic mass is 9.71. The molecule has 0 aliphatic heterocycles. The van der Waals surface area contributed by atoms with Gasteiger partial charge < -0.3 is 4.52 Å². The van der Waals surface area contributed by atoms with E-state index in [2.05, 4.69) is 64.9 Å². The molecule has 0 saturated heterocycles. The largest absolute Gasteiger partial charge is 0.357 e. The van der Waals surface area contributed by atoms with Crippen molar-refractivity contribution in [2.24, 2.45) is 5.92 Å². The van der Waals surface area contributed by atoms with Crippen LogP contribution in [0.15, 0.2) is 28.9 Å². The zero-order valence-corrected chi connectivity index (χ0v) is 15.1. The van der Waals surface area contributed by atoms with E-state index in [0.717, 1.165) is 12.2 Å². The standard InChI is InChI=1S/C21H27NO/c1-7-15-12-18-19(21(5,6)14(2)20(18,3)4)13-16(15)8-9-17-10-11-22-23-17/h8-14H,7H2,1-6H3. The fourth-order valence-corrected chi connectivity index (χ4v) is 4.04. The number of benzene rings is 1. The smallest absolute Gasteiger partial charge is 0.159 e. The van der Waals surface area contributed by atoms with E-state index in [0.29, 0.717) is 5.92 Å². The Kier molecular flexibility index (Phi) is 3.74. The van der Waals surface area contributed by atoms with Crippen molar-refractivity contribution in [2.45, 2.75) is 58.8 Å². The molecule has 23 heavy (non-hydrogen) atoms. The normalized spacial score (nSPS) is 21.7. The molecule has 1 aliphatic rings. The minimum atomic E-state index is 0.194. The van der Waals surface area contributed by atoms with Crippen LogP contribution in [0.25, 0.3) is 12.2 Å². The molecule has 1 aromatic carbocycles. The first-order chi connectivity index (χ1) is 10.8. The second kappa shape index (κ2) is 5.36. The maximum Gasteiger partial charge on any atom is 0.159 e. The van der Waals surface area contributed by atoms with E-state index in [1.54, 1.807) is 6.20 Å². The van der Waals surface area contributed by atoms with Crippen LogP contribution >= 0.6 is 0 Å². The summed E-state index contributed by atoms with van der Waals surface area (Å²) in [6.07, 6.45) is 6.88. The van der Waals surface area contributed by atoms with Gasteiger partial charge in [-0.25, -0.2) is 0 Å². The van der Waals surface area contributed by atoms with Crippen molar-refractivity contribution in [3.63, 3.8) is 0 Å². The highest BCUT2D eigenvalue weighted by molar-refractivity contribution is 5.71. The predicted molar refractivity (Wildman–Crippen MR) is 96.5 cm³/mol. The summed E-state index contributed by atoms with van der Waals surface area (Å²) < 4.78 is 5.18. The number of fused-ring (bicyclic) bond motifs is 1. The molecule has 1 aromatic heterocycles. The maximum atomic E-state index is 5.18. The predicted octanol–water partition coefficient (Wildman–Crippen LogP) is 5.61. The lowest BCUT2D eigenvalue weighted by Crippen LogP contribution is -2.30. The summed E-state index contributed by atoms with van der Waals surface area (Å²) in [5.41, 5.74) is 6.11. The molecule has 0 amide bonds. The second-order valence-corrected chi connectivity index (χ2v) is 7.86. The lowest BCUT2D eigenvalue weighted by molar-refractivity contribution is 0.264. The Morgan fingerprint density at radius 1 is 1.09 bits per heavy atom. The molecule has 1 heterocycles. The van der Waals surface area contributed by atoms with Gasteiger partial charge in [0.1, 0.15) is 0 Å². The fraction of sp³-hybridized carbons (Fsp3) is 0.476. The number of hydrogen-bond acceptors (Lipinski definition) is 2. The fourth-order valence-electron chi connectivity index (χ4n) is 4.04. The summed E-state index contributed by atoms with van der Waals surface area (Å²) >= 11 is 0. The SMILES string of the molecule is CCc1cc2c(cc1C=Cc1ccno1)C(C)(C)C(C)C2(C)C. The van der Waals surface area contributed by atoms with E-state index in [9.17, 15) is 0 Å². The van der Waals surface area contributed by atoms with Gasteiger partial charge in [-0.05, 0) is 51.5 Å². The van der Waals surface area contributed by atoms with Crippen molar-refractivity contribution >= 4 is 12.2 Å². The van der Waals surface area contributed by atoms with Gasteiger partial charge in [0.25, 0.3) is 0 Å². The van der Waals surface area contributed by atoms with E-state index in [4.69, 9.17) is 4.52 Å². The topological polar surface area (TPSA) is 26.0 Å². The molecule has 2 heteroatoms. The van der Waals surface area contributed by atoms with Crippen molar-refractivity contribution in [2.75, 3.05) is 0 Å². The van der Waals surface area contributed by atoms with Crippen LogP contribution in [0, 0.1) is 5.92 Å². The van der Waals surface area contributed by atoms with Crippen molar-refractivity contribution in [3.05, 3.63) is 52.4 Å². The molecule has 0 bridgehead atoms. The second-order valence-electron chi connectivity index (χ2n) is 7.86. The zero-order chi connectivity index (χ0) is 16.8. The number of aromatic nitrogens is 1. The number of nitrogens with zero attached hydrogens (tertiary/aromatic N) is 1. The molecule has 0 fully saturated rings. The van der Waals surface area contributed by atoms with Gasteiger partial charge in [-0.15, -0.1) is 0 Å². The van der Waals surface area contributed by atoms with Crippen molar-refractivity contribution in [3.8, 4) is 0 Å². The van der Waals surface area contributed by atoms with Crippen molar-refractivity contribution in [1.29, 1.82) is 0 Å². The van der Waals surface area contributed by atoms with E-state index in [1.165, 1.54) is 22.3 Å². The zero-order valence-electron chi connectivity index (χ0n) is 15.1. The highest BCUT2D eigenvalue weighted by Gasteiger charge is 2.48. The van der Waals surface area contributed by atoms with E-state index < -0.39 is 0 Å². The first-order valence-electron chi connectivity index (χ1n) is 8.55. The van der Waals surface area contributed by atoms with Crippen LogP contribution in [0.4, 0.5) is 0 Å². The average molecular weight is 309 g/mol. The molecule has 1 aliphatic carbocycles. The van der Waals surface area contributed by atoms with E-state index in [-0.39, 0.29) is 10.8 Å². The summed E-state index contributed by atoms with van der Waals surface area (Å²) in [6.45, 7) is 14.1. The number of rotatable bonds is 3. The highest BCUT2D eigenvalue weighted by Crippen LogP contribution is 2.54. The summed E-state index contributed by atoms with van der Waals surface area (Å²) in [6, 6.07) is 6.71. The molecule has 2 nitrogen and oxygen atoms in total. The quantitative estimate of drug-likeness (QED) is 0.736. The number of hydrogen-bond donors (Lipinski definition) is 0. The molecule has 0 spiro atoms. The van der Waals surface area contributed by atoms with Gasteiger partial charge in [0.15, 0.2) is 5.76 Å². The van der Waals surface area contributed by atoms with Crippen LogP contribution in [-0.4, -0.2) is 5.16 Å². The molecule has 0 N–H and O–H groups in total. The van der Waals surface area contributed by atoms with Gasteiger partial charge in [-0.2, -0.15) is 0 Å². The molecule has 1 unspecified atom stereocenters. The third-order valence-electron chi connectivity index (χ3n) is 6.10. The minimum Gasteiger partial charge on any atom is -0.357 e. The van der Waals surface area contributed by atoms with Crippen LogP contribution in [0.1, 0.15) is 69.6 Å². The summed E-state index contributed by atoms with van der Waals surface area (Å²) in [5, 5.41) is 3.76. The molecule has 1 atom stereocenters. The Labute approximate surface area is 139 Å². The van der Waals surface area contributed by atoms with E-state index in [1.807, 2.05) is 12.1 Å². The first kappa shape index (κ1) is 16.0. The van der Waals surface area contributed by atoms with Gasteiger partial charge >= 0.3 is 0 Å². The average Bonchev–Trinajstić information content (AvgIpc) is 3.07. The van der Waals surface area contributed by atoms with Crippen LogP contribution in [0.5, 0.6) is 0 Å². The summed E-state index contributed by atoms with van der Waals surface area (Å²) in [5.74, 6) is 1.41. The molecule has 3 rings (SSSR count). The third-order valence-corrected chi connectivity index (χ3v) is 6.10. The summed E-state index contributed by atoms with van der Waals surface area (Å²) in [4.78, 5) is 0. The Morgan fingerprint density at radius 3 is 2.30 bits per heavy atom. The Hall–Kier alpha value is -1.83. The van der Waals surface area contributed by atoms with Crippen LogP contribution < -0.4 is 0 Å². The molecule has 0 saturated carbocycles.